The molecule has 0 radical (unpaired) electrons. The molecule has 2 fully saturated rings. The van der Waals surface area contributed by atoms with Gasteiger partial charge >= 0.3 is 0 Å². The van der Waals surface area contributed by atoms with E-state index in [1.807, 2.05) is 36.1 Å². The van der Waals surface area contributed by atoms with Crippen molar-refractivity contribution < 1.29 is 19.4 Å². The third kappa shape index (κ3) is 6.42. The average Bonchev–Trinajstić information content (AvgIpc) is 2.82. The number of carbonyl (C=O) groups is 1. The summed E-state index contributed by atoms with van der Waals surface area (Å²) in [4.78, 5) is 19.7. The van der Waals surface area contributed by atoms with Gasteiger partial charge in [0, 0.05) is 56.4 Å². The van der Waals surface area contributed by atoms with E-state index in [0.29, 0.717) is 30.5 Å². The van der Waals surface area contributed by atoms with Crippen LogP contribution >= 0.6 is 11.6 Å². The number of amides is 1. The zero-order valence-corrected chi connectivity index (χ0v) is 20.8. The average molecular weight is 488 g/mol. The number of ether oxygens (including phenoxy) is 2. The normalized spacial score (nSPS) is 22.0. The van der Waals surface area contributed by atoms with Gasteiger partial charge in [0.15, 0.2) is 0 Å². The van der Waals surface area contributed by atoms with Crippen molar-refractivity contribution in [1.29, 1.82) is 0 Å². The zero-order chi connectivity index (χ0) is 24.1. The molecule has 34 heavy (non-hydrogen) atoms. The van der Waals surface area contributed by atoms with E-state index in [1.165, 1.54) is 0 Å². The largest absolute Gasteiger partial charge is 0.508 e. The lowest BCUT2D eigenvalue weighted by molar-refractivity contribution is -0.158. The number of carbonyl (C=O) groups excluding carboxylic acids is 1. The smallest absolute Gasteiger partial charge is 0.225 e. The molecular formula is C26H34ClN3O4. The lowest BCUT2D eigenvalue weighted by atomic mass is 9.96. The summed E-state index contributed by atoms with van der Waals surface area (Å²) >= 11 is 6.01. The van der Waals surface area contributed by atoms with Gasteiger partial charge in [-0.25, -0.2) is 0 Å². The number of phenolic OH excluding ortho intramolecular Hbond substituents is 1. The van der Waals surface area contributed by atoms with Crippen molar-refractivity contribution in [3.8, 4) is 11.5 Å². The first-order chi connectivity index (χ1) is 16.3. The molecule has 1 atom stereocenters. The van der Waals surface area contributed by atoms with Crippen LogP contribution in [0.4, 0.5) is 0 Å². The molecule has 0 aromatic heterocycles. The summed E-state index contributed by atoms with van der Waals surface area (Å²) < 4.78 is 12.4. The maximum absolute atomic E-state index is 13.3. The molecule has 2 saturated heterocycles. The lowest BCUT2D eigenvalue weighted by Crippen LogP contribution is -2.58. The number of morpholine rings is 1. The highest BCUT2D eigenvalue weighted by atomic mass is 35.5. The van der Waals surface area contributed by atoms with E-state index in [-0.39, 0.29) is 24.7 Å². The van der Waals surface area contributed by atoms with Crippen molar-refractivity contribution in [2.24, 2.45) is 0 Å². The summed E-state index contributed by atoms with van der Waals surface area (Å²) in [6.45, 7) is 7.81. The van der Waals surface area contributed by atoms with Crippen LogP contribution in [0.15, 0.2) is 42.5 Å². The maximum atomic E-state index is 13.3. The van der Waals surface area contributed by atoms with Crippen molar-refractivity contribution in [3.05, 3.63) is 58.6 Å². The minimum atomic E-state index is -0.780. The van der Waals surface area contributed by atoms with Crippen LogP contribution in [0.3, 0.4) is 0 Å². The minimum absolute atomic E-state index is 0.0908. The number of nitrogens with zero attached hydrogens (tertiary/aromatic N) is 3. The number of aromatic hydroxyl groups is 1. The van der Waals surface area contributed by atoms with Gasteiger partial charge in [0.2, 0.25) is 5.91 Å². The van der Waals surface area contributed by atoms with Gasteiger partial charge in [-0.15, -0.1) is 0 Å². The molecule has 2 aliphatic heterocycles. The Hall–Kier alpha value is -2.32. The van der Waals surface area contributed by atoms with Crippen LogP contribution in [0.5, 0.6) is 11.5 Å². The Bertz CT molecular complexity index is 979. The van der Waals surface area contributed by atoms with Gasteiger partial charge in [-0.2, -0.15) is 0 Å². The molecule has 8 heteroatoms. The Balaban J connectivity index is 1.50. The summed E-state index contributed by atoms with van der Waals surface area (Å²) in [6.07, 6.45) is 0.251. The number of aryl methyl sites for hydroxylation is 1. The zero-order valence-electron chi connectivity index (χ0n) is 20.0. The fraction of sp³-hybridized carbons (Fsp3) is 0.500. The van der Waals surface area contributed by atoms with Gasteiger partial charge in [0.1, 0.15) is 23.7 Å². The fourth-order valence-corrected chi connectivity index (χ4v) is 4.70. The summed E-state index contributed by atoms with van der Waals surface area (Å²) in [7, 11) is 2.08. The van der Waals surface area contributed by atoms with E-state index in [1.54, 1.807) is 18.2 Å². The number of likely N-dealkylation sites (N-methyl/N-ethyl adjacent to an activating group) is 1. The Morgan fingerprint density at radius 2 is 1.85 bits per heavy atom. The number of piperazine rings is 1. The van der Waals surface area contributed by atoms with E-state index in [4.69, 9.17) is 21.1 Å². The van der Waals surface area contributed by atoms with E-state index in [0.717, 1.165) is 43.9 Å². The number of phenols is 1. The Morgan fingerprint density at radius 3 is 2.59 bits per heavy atom. The molecule has 7 nitrogen and oxygen atoms in total. The quantitative estimate of drug-likeness (QED) is 0.647. The third-order valence-electron chi connectivity index (χ3n) is 6.60. The number of hydrogen-bond donors (Lipinski definition) is 1. The molecule has 184 valence electrons. The van der Waals surface area contributed by atoms with Crippen molar-refractivity contribution in [2.75, 3.05) is 59.5 Å². The first kappa shape index (κ1) is 24.8. The molecule has 0 bridgehead atoms. The fourth-order valence-electron chi connectivity index (χ4n) is 4.57. The summed E-state index contributed by atoms with van der Waals surface area (Å²) in [5, 5.41) is 11.0. The second-order valence-corrected chi connectivity index (χ2v) is 9.91. The minimum Gasteiger partial charge on any atom is -0.508 e. The van der Waals surface area contributed by atoms with Crippen molar-refractivity contribution in [1.82, 2.24) is 14.7 Å². The monoisotopic (exact) mass is 487 g/mol. The van der Waals surface area contributed by atoms with Crippen LogP contribution in [0, 0.1) is 6.92 Å². The molecule has 0 aliphatic carbocycles. The van der Waals surface area contributed by atoms with E-state index in [9.17, 15) is 9.90 Å². The predicted octanol–water partition coefficient (Wildman–Crippen LogP) is 3.17. The van der Waals surface area contributed by atoms with Gasteiger partial charge in [-0.3, -0.25) is 9.69 Å². The second-order valence-electron chi connectivity index (χ2n) is 9.48. The number of halogens is 1. The van der Waals surface area contributed by atoms with Gasteiger partial charge in [-0.05, 0) is 44.3 Å². The molecule has 2 aromatic rings. The lowest BCUT2D eigenvalue weighted by Gasteiger charge is -2.43. The molecule has 4 rings (SSSR count). The molecular weight excluding hydrogens is 454 g/mol. The van der Waals surface area contributed by atoms with E-state index < -0.39 is 5.60 Å². The van der Waals surface area contributed by atoms with Crippen LogP contribution in [-0.2, 0) is 16.1 Å². The molecule has 2 aromatic carbocycles. The predicted molar refractivity (Wildman–Crippen MR) is 132 cm³/mol. The molecule has 2 aliphatic rings. The molecule has 2 heterocycles. The van der Waals surface area contributed by atoms with E-state index >= 15 is 0 Å². The van der Waals surface area contributed by atoms with Crippen LogP contribution in [0.1, 0.15) is 17.5 Å². The molecule has 0 saturated carbocycles. The van der Waals surface area contributed by atoms with Crippen LogP contribution in [0.25, 0.3) is 0 Å². The van der Waals surface area contributed by atoms with Crippen molar-refractivity contribution in [2.45, 2.75) is 25.5 Å². The van der Waals surface area contributed by atoms with Crippen LogP contribution < -0.4 is 4.74 Å². The highest BCUT2D eigenvalue weighted by molar-refractivity contribution is 6.30. The summed E-state index contributed by atoms with van der Waals surface area (Å²) in [6, 6.07) is 12.9. The summed E-state index contributed by atoms with van der Waals surface area (Å²) in [5.74, 6) is 1.06. The SMILES string of the molecule is Cc1ccc(O)c(CN2CCO[C@@](COc3ccc(Cl)cc3)(CC(=O)N3CCN(C)CC3)C2)c1. The third-order valence-corrected chi connectivity index (χ3v) is 6.85. The van der Waals surface area contributed by atoms with Gasteiger partial charge in [0.05, 0.1) is 13.0 Å². The number of rotatable bonds is 7. The Kier molecular flexibility index (Phi) is 7.99. The van der Waals surface area contributed by atoms with Crippen molar-refractivity contribution >= 4 is 17.5 Å². The molecule has 1 N–H and O–H groups in total. The molecule has 0 spiro atoms. The Morgan fingerprint density at radius 1 is 1.12 bits per heavy atom. The second kappa shape index (κ2) is 11.0. The Labute approximate surface area is 206 Å². The van der Waals surface area contributed by atoms with Gasteiger partial charge in [-0.1, -0.05) is 29.3 Å². The standard InChI is InChI=1S/C26H34ClN3O4/c1-20-3-8-24(31)21(15-20)17-29-13-14-34-26(18-29,19-33-23-6-4-22(27)5-7-23)16-25(32)30-11-9-28(2)10-12-30/h3-8,15,31H,9-14,16-19H2,1-2H3/t26-/m0/s1. The molecule has 0 unspecified atom stereocenters. The highest BCUT2D eigenvalue weighted by Crippen LogP contribution is 2.28. The van der Waals surface area contributed by atoms with Crippen molar-refractivity contribution in [3.63, 3.8) is 0 Å². The van der Waals surface area contributed by atoms with E-state index in [2.05, 4.69) is 16.8 Å². The topological polar surface area (TPSA) is 65.5 Å². The highest BCUT2D eigenvalue weighted by Gasteiger charge is 2.41. The van der Waals surface area contributed by atoms with Gasteiger partial charge in [0.25, 0.3) is 0 Å². The number of hydrogen-bond acceptors (Lipinski definition) is 6. The maximum Gasteiger partial charge on any atom is 0.225 e. The van der Waals surface area contributed by atoms with Gasteiger partial charge < -0.3 is 24.4 Å². The molecule has 1 amide bonds. The number of benzene rings is 2. The van der Waals surface area contributed by atoms with Crippen LogP contribution in [0.2, 0.25) is 5.02 Å². The first-order valence-electron chi connectivity index (χ1n) is 11.8. The first-order valence-corrected chi connectivity index (χ1v) is 12.2. The summed E-state index contributed by atoms with van der Waals surface area (Å²) in [5.41, 5.74) is 1.20. The van der Waals surface area contributed by atoms with Crippen LogP contribution in [-0.4, -0.2) is 90.8 Å².